The highest BCUT2D eigenvalue weighted by atomic mass is 32.2. The molecule has 0 aromatic rings. The Balaban J connectivity index is 5.30. The molecule has 0 saturated heterocycles. The fourth-order valence-electron chi connectivity index (χ4n) is 2.54. The molecular weight excluding hydrogens is 446 g/mol. The first-order valence-electron chi connectivity index (χ1n) is 9.98. The summed E-state index contributed by atoms with van der Waals surface area (Å²) in [6.45, 7) is -0.430. The number of unbranched alkanes of at least 4 members (excludes halogenated alkanes) is 1. The van der Waals surface area contributed by atoms with Crippen LogP contribution in [0, 0.1) is 0 Å². The van der Waals surface area contributed by atoms with Crippen molar-refractivity contribution in [3.63, 3.8) is 0 Å². The number of nitrogens with one attached hydrogen (secondary N) is 3. The first-order chi connectivity index (χ1) is 15.1. The van der Waals surface area contributed by atoms with E-state index in [9.17, 15) is 24.0 Å². The second-order valence-electron chi connectivity index (χ2n) is 6.97. The van der Waals surface area contributed by atoms with E-state index >= 15 is 0 Å². The van der Waals surface area contributed by atoms with E-state index in [0.29, 0.717) is 31.6 Å². The minimum absolute atomic E-state index is 0.100. The van der Waals surface area contributed by atoms with Crippen LogP contribution in [0.1, 0.15) is 32.1 Å². The molecule has 0 aromatic heterocycles. The number of carbonyl (C=O) groups is 5. The summed E-state index contributed by atoms with van der Waals surface area (Å²) < 4.78 is 0. The molecule has 13 nitrogen and oxygen atoms in total. The van der Waals surface area contributed by atoms with Crippen molar-refractivity contribution in [2.24, 2.45) is 11.5 Å². The zero-order valence-electron chi connectivity index (χ0n) is 17.9. The van der Waals surface area contributed by atoms with E-state index in [-0.39, 0.29) is 6.42 Å². The van der Waals surface area contributed by atoms with E-state index in [1.54, 1.807) is 6.26 Å². The number of aliphatic hydroxyl groups excluding tert-OH is 1. The second-order valence-corrected chi connectivity index (χ2v) is 7.96. The lowest BCUT2D eigenvalue weighted by molar-refractivity contribution is -0.144. The monoisotopic (exact) mass is 479 g/mol. The number of carboxylic acids is 2. The summed E-state index contributed by atoms with van der Waals surface area (Å²) >= 11 is 1.36. The fraction of sp³-hybridized carbons (Fsp3) is 0.722. The van der Waals surface area contributed by atoms with Crippen LogP contribution in [0.3, 0.4) is 0 Å². The summed E-state index contributed by atoms with van der Waals surface area (Å²) in [7, 11) is 0. The van der Waals surface area contributed by atoms with Crippen LogP contribution in [-0.4, -0.2) is 94.3 Å². The maximum atomic E-state index is 12.7. The maximum Gasteiger partial charge on any atom is 0.328 e. The van der Waals surface area contributed by atoms with Gasteiger partial charge in [0.1, 0.15) is 18.1 Å². The molecule has 0 saturated carbocycles. The Bertz CT molecular complexity index is 651. The van der Waals surface area contributed by atoms with Crippen molar-refractivity contribution in [1.29, 1.82) is 0 Å². The fourth-order valence-corrected chi connectivity index (χ4v) is 3.01. The van der Waals surface area contributed by atoms with Gasteiger partial charge in [-0.05, 0) is 37.8 Å². The van der Waals surface area contributed by atoms with Gasteiger partial charge in [0.25, 0.3) is 0 Å². The smallest absolute Gasteiger partial charge is 0.328 e. The predicted molar refractivity (Wildman–Crippen MR) is 117 cm³/mol. The topological polar surface area (TPSA) is 234 Å². The van der Waals surface area contributed by atoms with E-state index in [4.69, 9.17) is 26.8 Å². The molecule has 3 amide bonds. The third kappa shape index (κ3) is 11.8. The summed E-state index contributed by atoms with van der Waals surface area (Å²) in [6, 6.07) is -5.26. The minimum Gasteiger partial charge on any atom is -0.481 e. The van der Waals surface area contributed by atoms with E-state index in [1.165, 1.54) is 11.8 Å². The quantitative estimate of drug-likeness (QED) is 0.0992. The molecule has 0 aliphatic heterocycles. The van der Waals surface area contributed by atoms with Crippen LogP contribution in [-0.2, 0) is 24.0 Å². The molecule has 4 unspecified atom stereocenters. The zero-order valence-corrected chi connectivity index (χ0v) is 18.7. The molecule has 0 bridgehead atoms. The molecule has 32 heavy (non-hydrogen) atoms. The number of thioether (sulfide) groups is 1. The molecule has 0 heterocycles. The molecule has 0 rings (SSSR count). The third-order valence-corrected chi connectivity index (χ3v) is 5.00. The normalized spacial score (nSPS) is 14.5. The zero-order chi connectivity index (χ0) is 24.7. The second kappa shape index (κ2) is 16.2. The Morgan fingerprint density at radius 1 is 0.875 bits per heavy atom. The van der Waals surface area contributed by atoms with Gasteiger partial charge < -0.3 is 42.7 Å². The Kier molecular flexibility index (Phi) is 15.0. The van der Waals surface area contributed by atoms with Crippen molar-refractivity contribution in [2.45, 2.75) is 56.3 Å². The van der Waals surface area contributed by atoms with Gasteiger partial charge in [-0.25, -0.2) is 4.79 Å². The van der Waals surface area contributed by atoms with E-state index < -0.39 is 66.9 Å². The van der Waals surface area contributed by atoms with E-state index in [1.807, 2.05) is 0 Å². The lowest BCUT2D eigenvalue weighted by Gasteiger charge is -2.24. The first-order valence-corrected chi connectivity index (χ1v) is 11.4. The number of rotatable bonds is 17. The molecule has 0 radical (unpaired) electrons. The molecule has 10 N–H and O–H groups in total. The van der Waals surface area contributed by atoms with Crippen molar-refractivity contribution in [1.82, 2.24) is 16.0 Å². The van der Waals surface area contributed by atoms with Crippen LogP contribution in [0.15, 0.2) is 0 Å². The summed E-state index contributed by atoms with van der Waals surface area (Å²) in [6.07, 6.45) is 2.62. The van der Waals surface area contributed by atoms with Crippen LogP contribution in [0.25, 0.3) is 0 Å². The number of hydrogen-bond acceptors (Lipinski definition) is 9. The van der Waals surface area contributed by atoms with Crippen molar-refractivity contribution in [3.8, 4) is 0 Å². The molecule has 0 aliphatic rings. The standard InChI is InChI=1S/C18H33N5O8S/c1-32-7-5-11(16(28)23-13(9-24)18(30)31)21-17(29)12(8-14(25)26)22-15(27)10(20)4-2-3-6-19/h10-13,24H,2-9,19-20H2,1H3,(H,21,29)(H,22,27)(H,23,28)(H,25,26)(H,30,31). The van der Waals surface area contributed by atoms with Crippen LogP contribution >= 0.6 is 11.8 Å². The van der Waals surface area contributed by atoms with Gasteiger partial charge >= 0.3 is 11.9 Å². The Morgan fingerprint density at radius 2 is 1.44 bits per heavy atom. The van der Waals surface area contributed by atoms with Gasteiger partial charge in [-0.2, -0.15) is 11.8 Å². The number of aliphatic hydroxyl groups is 1. The number of amides is 3. The molecule has 184 valence electrons. The summed E-state index contributed by atoms with van der Waals surface area (Å²) in [4.78, 5) is 59.6. The Morgan fingerprint density at radius 3 is 1.94 bits per heavy atom. The predicted octanol–water partition coefficient (Wildman–Crippen LogP) is -2.80. The molecule has 0 fully saturated rings. The Labute approximate surface area is 190 Å². The van der Waals surface area contributed by atoms with Crippen LogP contribution in [0.2, 0.25) is 0 Å². The Hall–Kier alpha value is -2.42. The minimum atomic E-state index is -1.57. The van der Waals surface area contributed by atoms with Gasteiger partial charge in [0.05, 0.1) is 19.1 Å². The number of hydrogen-bond donors (Lipinski definition) is 8. The lowest BCUT2D eigenvalue weighted by Crippen LogP contribution is -2.58. The van der Waals surface area contributed by atoms with Crippen LogP contribution in [0.5, 0.6) is 0 Å². The highest BCUT2D eigenvalue weighted by Crippen LogP contribution is 2.05. The molecule has 14 heteroatoms. The van der Waals surface area contributed by atoms with Crippen molar-refractivity contribution < 1.29 is 39.3 Å². The maximum absolute atomic E-state index is 12.7. The largest absolute Gasteiger partial charge is 0.481 e. The molecular formula is C18H33N5O8S. The van der Waals surface area contributed by atoms with Crippen molar-refractivity contribution in [2.75, 3.05) is 25.2 Å². The van der Waals surface area contributed by atoms with Crippen molar-refractivity contribution in [3.05, 3.63) is 0 Å². The van der Waals surface area contributed by atoms with E-state index in [2.05, 4.69) is 16.0 Å². The van der Waals surface area contributed by atoms with Gasteiger partial charge in [0, 0.05) is 0 Å². The van der Waals surface area contributed by atoms with Crippen LogP contribution < -0.4 is 27.4 Å². The van der Waals surface area contributed by atoms with Crippen LogP contribution in [0.4, 0.5) is 0 Å². The molecule has 0 aliphatic carbocycles. The average Bonchev–Trinajstić information content (AvgIpc) is 2.73. The van der Waals surface area contributed by atoms with Gasteiger partial charge in [-0.1, -0.05) is 6.42 Å². The molecule has 0 aromatic carbocycles. The third-order valence-electron chi connectivity index (χ3n) is 4.36. The number of nitrogens with two attached hydrogens (primary N) is 2. The summed E-state index contributed by atoms with van der Waals surface area (Å²) in [5.74, 6) is -4.94. The van der Waals surface area contributed by atoms with Gasteiger partial charge in [-0.3, -0.25) is 19.2 Å². The highest BCUT2D eigenvalue weighted by molar-refractivity contribution is 7.98. The number of carboxylic acid groups (broad SMARTS) is 2. The average molecular weight is 480 g/mol. The highest BCUT2D eigenvalue weighted by Gasteiger charge is 2.31. The van der Waals surface area contributed by atoms with Gasteiger partial charge in [0.2, 0.25) is 17.7 Å². The SMILES string of the molecule is CSCCC(NC(=O)C(CC(=O)O)NC(=O)C(N)CCCCN)C(=O)NC(CO)C(=O)O. The number of carbonyl (C=O) groups excluding carboxylic acids is 3. The summed E-state index contributed by atoms with van der Waals surface area (Å²) in [5.41, 5.74) is 11.2. The van der Waals surface area contributed by atoms with Gasteiger partial charge in [-0.15, -0.1) is 0 Å². The first kappa shape index (κ1) is 29.6. The molecule has 4 atom stereocenters. The molecule has 0 spiro atoms. The number of aliphatic carboxylic acids is 2. The lowest BCUT2D eigenvalue weighted by atomic mass is 10.1. The summed E-state index contributed by atoms with van der Waals surface area (Å²) in [5, 5.41) is 33.9. The van der Waals surface area contributed by atoms with E-state index in [0.717, 1.165) is 0 Å². The van der Waals surface area contributed by atoms with Gasteiger partial charge in [0.15, 0.2) is 0 Å². The van der Waals surface area contributed by atoms with Crippen molar-refractivity contribution >= 4 is 41.4 Å².